The SMILES string of the molecule is CCNc1cc(C(=O)Nc2nnc(CC)s2)cc(Cl)n1. The summed E-state index contributed by atoms with van der Waals surface area (Å²) in [6.45, 7) is 4.62. The van der Waals surface area contributed by atoms with Crippen LogP contribution in [0.25, 0.3) is 0 Å². The Bertz CT molecular complexity index is 616. The number of rotatable bonds is 5. The van der Waals surface area contributed by atoms with Gasteiger partial charge >= 0.3 is 0 Å². The van der Waals surface area contributed by atoms with E-state index in [1.54, 1.807) is 6.07 Å². The zero-order valence-corrected chi connectivity index (χ0v) is 12.7. The van der Waals surface area contributed by atoms with Gasteiger partial charge in [0.1, 0.15) is 16.0 Å². The second kappa shape index (κ2) is 6.62. The summed E-state index contributed by atoms with van der Waals surface area (Å²) in [5, 5.41) is 15.2. The number of nitrogens with zero attached hydrogens (tertiary/aromatic N) is 3. The van der Waals surface area contributed by atoms with Crippen molar-refractivity contribution in [3.63, 3.8) is 0 Å². The Labute approximate surface area is 125 Å². The molecular formula is C12H14ClN5OS. The standard InChI is InChI=1S/C12H14ClN5OS/c1-3-10-17-18-12(20-10)16-11(19)7-5-8(13)15-9(6-7)14-4-2/h5-6H,3-4H2,1-2H3,(H,14,15)(H,16,18,19). The molecule has 0 atom stereocenters. The van der Waals surface area contributed by atoms with Crippen molar-refractivity contribution < 1.29 is 4.79 Å². The zero-order chi connectivity index (χ0) is 14.5. The fourth-order valence-corrected chi connectivity index (χ4v) is 2.40. The van der Waals surface area contributed by atoms with Crippen molar-refractivity contribution in [1.29, 1.82) is 0 Å². The minimum atomic E-state index is -0.285. The van der Waals surface area contributed by atoms with Crippen LogP contribution < -0.4 is 10.6 Å². The molecule has 0 aliphatic carbocycles. The van der Waals surface area contributed by atoms with Crippen molar-refractivity contribution in [2.24, 2.45) is 0 Å². The van der Waals surface area contributed by atoms with Crippen LogP contribution in [0.2, 0.25) is 5.15 Å². The molecule has 0 fully saturated rings. The third kappa shape index (κ3) is 3.64. The summed E-state index contributed by atoms with van der Waals surface area (Å²) in [5.41, 5.74) is 0.425. The molecule has 0 saturated heterocycles. The molecule has 0 aromatic carbocycles. The molecule has 106 valence electrons. The van der Waals surface area contributed by atoms with E-state index in [-0.39, 0.29) is 11.1 Å². The molecule has 2 aromatic heterocycles. The van der Waals surface area contributed by atoms with E-state index in [2.05, 4.69) is 25.8 Å². The van der Waals surface area contributed by atoms with Crippen LogP contribution in [0.5, 0.6) is 0 Å². The van der Waals surface area contributed by atoms with Crippen molar-refractivity contribution in [2.75, 3.05) is 17.2 Å². The van der Waals surface area contributed by atoms with Gasteiger partial charge in [-0.05, 0) is 25.5 Å². The summed E-state index contributed by atoms with van der Waals surface area (Å²) >= 11 is 7.26. The van der Waals surface area contributed by atoms with Crippen LogP contribution in [0.3, 0.4) is 0 Å². The number of amides is 1. The lowest BCUT2D eigenvalue weighted by Gasteiger charge is -2.06. The third-order valence-corrected chi connectivity index (χ3v) is 3.58. The van der Waals surface area contributed by atoms with Gasteiger partial charge in [-0.15, -0.1) is 10.2 Å². The Kier molecular flexibility index (Phi) is 4.86. The highest BCUT2D eigenvalue weighted by atomic mass is 35.5. The van der Waals surface area contributed by atoms with E-state index < -0.39 is 0 Å². The van der Waals surface area contributed by atoms with Gasteiger partial charge in [-0.1, -0.05) is 29.9 Å². The molecule has 1 amide bonds. The number of aryl methyl sites for hydroxylation is 1. The lowest BCUT2D eigenvalue weighted by Crippen LogP contribution is -2.13. The molecule has 0 bridgehead atoms. The van der Waals surface area contributed by atoms with Crippen molar-refractivity contribution in [3.05, 3.63) is 27.9 Å². The summed E-state index contributed by atoms with van der Waals surface area (Å²) in [7, 11) is 0. The number of hydrogen-bond donors (Lipinski definition) is 2. The van der Waals surface area contributed by atoms with E-state index >= 15 is 0 Å². The summed E-state index contributed by atoms with van der Waals surface area (Å²) in [4.78, 5) is 16.2. The lowest BCUT2D eigenvalue weighted by atomic mass is 10.2. The molecule has 0 spiro atoms. The zero-order valence-electron chi connectivity index (χ0n) is 11.1. The van der Waals surface area contributed by atoms with Crippen LogP contribution in [0, 0.1) is 0 Å². The van der Waals surface area contributed by atoms with Gasteiger partial charge in [-0.3, -0.25) is 10.1 Å². The van der Waals surface area contributed by atoms with Crippen LogP contribution in [0.15, 0.2) is 12.1 Å². The molecule has 2 N–H and O–H groups in total. The van der Waals surface area contributed by atoms with Gasteiger partial charge in [0.05, 0.1) is 0 Å². The molecule has 0 unspecified atom stereocenters. The summed E-state index contributed by atoms with van der Waals surface area (Å²) in [5.74, 6) is 0.281. The molecule has 0 aliphatic rings. The van der Waals surface area contributed by atoms with Gasteiger partial charge in [0.15, 0.2) is 0 Å². The molecule has 6 nitrogen and oxygen atoms in total. The predicted molar refractivity (Wildman–Crippen MR) is 80.7 cm³/mol. The Hall–Kier alpha value is -1.73. The van der Waals surface area contributed by atoms with E-state index in [9.17, 15) is 4.79 Å². The van der Waals surface area contributed by atoms with E-state index in [0.717, 1.165) is 11.4 Å². The van der Waals surface area contributed by atoms with Crippen LogP contribution in [-0.2, 0) is 6.42 Å². The van der Waals surface area contributed by atoms with E-state index in [4.69, 9.17) is 11.6 Å². The first-order valence-corrected chi connectivity index (χ1v) is 7.37. The van der Waals surface area contributed by atoms with Gasteiger partial charge in [-0.2, -0.15) is 0 Å². The summed E-state index contributed by atoms with van der Waals surface area (Å²) in [6, 6.07) is 3.16. The van der Waals surface area contributed by atoms with Gasteiger partial charge < -0.3 is 5.32 Å². The Morgan fingerprint density at radius 2 is 2.15 bits per heavy atom. The van der Waals surface area contributed by atoms with Crippen molar-refractivity contribution >= 4 is 39.8 Å². The van der Waals surface area contributed by atoms with Crippen molar-refractivity contribution in [1.82, 2.24) is 15.2 Å². The largest absolute Gasteiger partial charge is 0.370 e. The number of pyridine rings is 1. The van der Waals surface area contributed by atoms with E-state index in [0.29, 0.717) is 23.1 Å². The Balaban J connectivity index is 2.15. The van der Waals surface area contributed by atoms with Crippen LogP contribution >= 0.6 is 22.9 Å². The quantitative estimate of drug-likeness (QED) is 0.830. The first kappa shape index (κ1) is 14.7. The van der Waals surface area contributed by atoms with Gasteiger partial charge in [0.25, 0.3) is 5.91 Å². The molecule has 20 heavy (non-hydrogen) atoms. The first-order chi connectivity index (χ1) is 9.62. The molecular weight excluding hydrogens is 298 g/mol. The van der Waals surface area contributed by atoms with E-state index in [1.165, 1.54) is 17.4 Å². The number of carbonyl (C=O) groups is 1. The number of aromatic nitrogens is 3. The predicted octanol–water partition coefficient (Wildman–Crippen LogP) is 2.83. The average Bonchev–Trinajstić information content (AvgIpc) is 2.86. The number of halogens is 1. The molecule has 0 radical (unpaired) electrons. The molecule has 2 aromatic rings. The molecule has 0 saturated carbocycles. The summed E-state index contributed by atoms with van der Waals surface area (Å²) in [6.07, 6.45) is 0.791. The summed E-state index contributed by atoms with van der Waals surface area (Å²) < 4.78 is 0. The third-order valence-electron chi connectivity index (χ3n) is 2.40. The normalized spacial score (nSPS) is 10.3. The minimum Gasteiger partial charge on any atom is -0.370 e. The average molecular weight is 312 g/mol. The number of anilines is 2. The number of nitrogens with one attached hydrogen (secondary N) is 2. The van der Waals surface area contributed by atoms with Crippen LogP contribution in [-0.4, -0.2) is 27.6 Å². The topological polar surface area (TPSA) is 79.8 Å². The second-order valence-electron chi connectivity index (χ2n) is 3.90. The smallest absolute Gasteiger partial charge is 0.257 e. The van der Waals surface area contributed by atoms with Gasteiger partial charge in [0.2, 0.25) is 5.13 Å². The van der Waals surface area contributed by atoms with Crippen molar-refractivity contribution in [2.45, 2.75) is 20.3 Å². The maximum Gasteiger partial charge on any atom is 0.257 e. The highest BCUT2D eigenvalue weighted by Gasteiger charge is 2.12. The second-order valence-corrected chi connectivity index (χ2v) is 5.35. The Morgan fingerprint density at radius 1 is 1.35 bits per heavy atom. The van der Waals surface area contributed by atoms with Gasteiger partial charge in [-0.25, -0.2) is 4.98 Å². The van der Waals surface area contributed by atoms with E-state index in [1.807, 2.05) is 13.8 Å². The maximum atomic E-state index is 12.1. The fourth-order valence-electron chi connectivity index (χ4n) is 1.52. The van der Waals surface area contributed by atoms with Crippen molar-refractivity contribution in [3.8, 4) is 0 Å². The monoisotopic (exact) mass is 311 g/mol. The highest BCUT2D eigenvalue weighted by molar-refractivity contribution is 7.15. The molecule has 2 rings (SSSR count). The molecule has 8 heteroatoms. The van der Waals surface area contributed by atoms with Crippen LogP contribution in [0.1, 0.15) is 29.2 Å². The molecule has 2 heterocycles. The number of hydrogen-bond acceptors (Lipinski definition) is 6. The van der Waals surface area contributed by atoms with Crippen LogP contribution in [0.4, 0.5) is 10.9 Å². The minimum absolute atomic E-state index is 0.264. The highest BCUT2D eigenvalue weighted by Crippen LogP contribution is 2.19. The lowest BCUT2D eigenvalue weighted by molar-refractivity contribution is 0.102. The fraction of sp³-hybridized carbons (Fsp3) is 0.333. The van der Waals surface area contributed by atoms with Gasteiger partial charge in [0, 0.05) is 12.1 Å². The molecule has 0 aliphatic heterocycles. The Morgan fingerprint density at radius 3 is 2.80 bits per heavy atom. The number of carbonyl (C=O) groups excluding carboxylic acids is 1. The first-order valence-electron chi connectivity index (χ1n) is 6.17. The maximum absolute atomic E-state index is 12.1.